The second kappa shape index (κ2) is 7.66. The van der Waals surface area contributed by atoms with Crippen LogP contribution in [-0.4, -0.2) is 19.8 Å². The normalized spacial score (nSPS) is 25.2. The van der Waals surface area contributed by atoms with Crippen molar-refractivity contribution in [3.8, 4) is 0 Å². The van der Waals surface area contributed by atoms with E-state index in [0.29, 0.717) is 12.1 Å². The summed E-state index contributed by atoms with van der Waals surface area (Å²) >= 11 is 0. The molecule has 1 saturated carbocycles. The summed E-state index contributed by atoms with van der Waals surface area (Å²) in [5.74, 6) is 0.954. The van der Waals surface area contributed by atoms with Gasteiger partial charge in [0.2, 0.25) is 0 Å². The molecule has 106 valence electrons. The van der Waals surface area contributed by atoms with E-state index >= 15 is 0 Å². The largest absolute Gasteiger partial charge is 0.383 e. The van der Waals surface area contributed by atoms with Crippen LogP contribution < -0.4 is 5.32 Å². The van der Waals surface area contributed by atoms with Gasteiger partial charge in [-0.05, 0) is 37.2 Å². The van der Waals surface area contributed by atoms with Crippen molar-refractivity contribution in [2.24, 2.45) is 5.92 Å². The summed E-state index contributed by atoms with van der Waals surface area (Å²) in [5.41, 5.74) is 1.34. The molecule has 2 nitrogen and oxygen atoms in total. The van der Waals surface area contributed by atoms with Crippen molar-refractivity contribution in [2.45, 2.75) is 51.1 Å². The second-order valence-corrected chi connectivity index (χ2v) is 5.71. The van der Waals surface area contributed by atoms with Crippen molar-refractivity contribution in [1.29, 1.82) is 0 Å². The van der Waals surface area contributed by atoms with Crippen molar-refractivity contribution < 1.29 is 4.74 Å². The van der Waals surface area contributed by atoms with Crippen molar-refractivity contribution in [3.63, 3.8) is 0 Å². The van der Waals surface area contributed by atoms with E-state index in [9.17, 15) is 0 Å². The number of methoxy groups -OCH3 is 1. The summed E-state index contributed by atoms with van der Waals surface area (Å²) in [6, 6.07) is 11.6. The minimum atomic E-state index is 0.328. The molecule has 1 fully saturated rings. The Morgan fingerprint density at radius 3 is 2.42 bits per heavy atom. The molecule has 1 N–H and O–H groups in total. The zero-order valence-electron chi connectivity index (χ0n) is 12.3. The lowest BCUT2D eigenvalue weighted by Gasteiger charge is -2.32. The fourth-order valence-electron chi connectivity index (χ4n) is 3.11. The van der Waals surface area contributed by atoms with E-state index in [0.717, 1.165) is 12.5 Å². The maximum absolute atomic E-state index is 5.38. The molecule has 0 aliphatic heterocycles. The number of hydrogen-bond donors (Lipinski definition) is 1. The van der Waals surface area contributed by atoms with Gasteiger partial charge >= 0.3 is 0 Å². The molecule has 0 heterocycles. The van der Waals surface area contributed by atoms with Crippen LogP contribution in [0.25, 0.3) is 0 Å². The van der Waals surface area contributed by atoms with Crippen LogP contribution >= 0.6 is 0 Å². The average Bonchev–Trinajstić information content (AvgIpc) is 2.48. The number of rotatable bonds is 6. The molecule has 1 aromatic carbocycles. The summed E-state index contributed by atoms with van der Waals surface area (Å²) in [5, 5.41) is 3.79. The number of benzene rings is 1. The topological polar surface area (TPSA) is 21.3 Å². The van der Waals surface area contributed by atoms with Crippen LogP contribution in [0, 0.1) is 5.92 Å². The average molecular weight is 261 g/mol. The van der Waals surface area contributed by atoms with Crippen molar-refractivity contribution in [1.82, 2.24) is 5.32 Å². The fraction of sp³-hybridized carbons (Fsp3) is 0.647. The summed E-state index contributed by atoms with van der Waals surface area (Å²) in [4.78, 5) is 0. The highest BCUT2D eigenvalue weighted by Gasteiger charge is 2.22. The van der Waals surface area contributed by atoms with E-state index in [4.69, 9.17) is 4.74 Å². The van der Waals surface area contributed by atoms with Crippen molar-refractivity contribution in [3.05, 3.63) is 35.9 Å². The Morgan fingerprint density at radius 1 is 1.16 bits per heavy atom. The first-order chi connectivity index (χ1) is 9.33. The van der Waals surface area contributed by atoms with Gasteiger partial charge in [0.05, 0.1) is 12.6 Å². The first-order valence-corrected chi connectivity index (χ1v) is 7.63. The Balaban J connectivity index is 1.91. The molecule has 1 aromatic rings. The van der Waals surface area contributed by atoms with Gasteiger partial charge in [0.25, 0.3) is 0 Å². The van der Waals surface area contributed by atoms with Crippen LogP contribution in [0.2, 0.25) is 0 Å². The van der Waals surface area contributed by atoms with Gasteiger partial charge in [0.15, 0.2) is 0 Å². The molecule has 0 spiro atoms. The van der Waals surface area contributed by atoms with E-state index in [2.05, 4.69) is 42.6 Å². The van der Waals surface area contributed by atoms with E-state index in [1.54, 1.807) is 7.11 Å². The summed E-state index contributed by atoms with van der Waals surface area (Å²) in [6.45, 7) is 3.06. The fourth-order valence-corrected chi connectivity index (χ4v) is 3.11. The molecule has 0 saturated heterocycles. The molecule has 0 bridgehead atoms. The Morgan fingerprint density at radius 2 is 1.84 bits per heavy atom. The standard InChI is InChI=1S/C17H27NO/c1-3-14-9-11-16(12-10-14)18-17(13-19-2)15-7-5-4-6-8-15/h4-8,14,16-18H,3,9-13H2,1-2H3. The molecule has 1 atom stereocenters. The Labute approximate surface area is 117 Å². The molecule has 0 radical (unpaired) electrons. The summed E-state index contributed by atoms with van der Waals surface area (Å²) in [7, 11) is 1.78. The molecule has 0 aromatic heterocycles. The molecular weight excluding hydrogens is 234 g/mol. The van der Waals surface area contributed by atoms with Crippen LogP contribution in [0.3, 0.4) is 0 Å². The van der Waals surface area contributed by atoms with Gasteiger partial charge in [-0.1, -0.05) is 43.7 Å². The lowest BCUT2D eigenvalue weighted by atomic mass is 9.84. The number of nitrogens with one attached hydrogen (secondary N) is 1. The maximum Gasteiger partial charge on any atom is 0.0657 e. The van der Waals surface area contributed by atoms with Crippen LogP contribution in [0.15, 0.2) is 30.3 Å². The number of ether oxygens (including phenoxy) is 1. The molecule has 1 unspecified atom stereocenters. The molecule has 2 rings (SSSR count). The van der Waals surface area contributed by atoms with Crippen molar-refractivity contribution >= 4 is 0 Å². The SMILES string of the molecule is CCC1CCC(NC(COC)c2ccccc2)CC1. The Kier molecular flexibility index (Phi) is 5.87. The van der Waals surface area contributed by atoms with E-state index in [1.807, 2.05) is 0 Å². The lowest BCUT2D eigenvalue weighted by Crippen LogP contribution is -2.37. The zero-order chi connectivity index (χ0) is 13.5. The van der Waals surface area contributed by atoms with Gasteiger partial charge in [-0.25, -0.2) is 0 Å². The quantitative estimate of drug-likeness (QED) is 0.837. The molecule has 19 heavy (non-hydrogen) atoms. The van der Waals surface area contributed by atoms with Gasteiger partial charge in [0.1, 0.15) is 0 Å². The summed E-state index contributed by atoms with van der Waals surface area (Å²) in [6.07, 6.45) is 6.72. The molecule has 2 heteroatoms. The van der Waals surface area contributed by atoms with Crippen LogP contribution in [0.4, 0.5) is 0 Å². The third-order valence-electron chi connectivity index (χ3n) is 4.40. The predicted molar refractivity (Wildman–Crippen MR) is 80.2 cm³/mol. The van der Waals surface area contributed by atoms with E-state index in [-0.39, 0.29) is 0 Å². The third kappa shape index (κ3) is 4.32. The molecule has 1 aliphatic rings. The Bertz CT molecular complexity index is 344. The maximum atomic E-state index is 5.38. The van der Waals surface area contributed by atoms with E-state index < -0.39 is 0 Å². The molecule has 0 amide bonds. The zero-order valence-corrected chi connectivity index (χ0v) is 12.3. The van der Waals surface area contributed by atoms with Gasteiger partial charge < -0.3 is 10.1 Å². The van der Waals surface area contributed by atoms with Gasteiger partial charge in [-0.2, -0.15) is 0 Å². The van der Waals surface area contributed by atoms with Gasteiger partial charge in [-0.15, -0.1) is 0 Å². The predicted octanol–water partition coefficient (Wildman–Crippen LogP) is 3.93. The van der Waals surface area contributed by atoms with E-state index in [1.165, 1.54) is 37.7 Å². The smallest absolute Gasteiger partial charge is 0.0657 e. The van der Waals surface area contributed by atoms with Crippen LogP contribution in [0.1, 0.15) is 50.6 Å². The minimum absolute atomic E-state index is 0.328. The Hall–Kier alpha value is -0.860. The van der Waals surface area contributed by atoms with Gasteiger partial charge in [-0.3, -0.25) is 0 Å². The highest BCUT2D eigenvalue weighted by atomic mass is 16.5. The highest BCUT2D eigenvalue weighted by molar-refractivity contribution is 5.19. The van der Waals surface area contributed by atoms with Gasteiger partial charge in [0, 0.05) is 13.2 Å². The van der Waals surface area contributed by atoms with Crippen molar-refractivity contribution in [2.75, 3.05) is 13.7 Å². The van der Waals surface area contributed by atoms with Crippen LogP contribution in [-0.2, 0) is 4.74 Å². The monoisotopic (exact) mass is 261 g/mol. The minimum Gasteiger partial charge on any atom is -0.383 e. The summed E-state index contributed by atoms with van der Waals surface area (Å²) < 4.78 is 5.38. The third-order valence-corrected chi connectivity index (χ3v) is 4.40. The second-order valence-electron chi connectivity index (χ2n) is 5.71. The first kappa shape index (κ1) is 14.5. The lowest BCUT2D eigenvalue weighted by molar-refractivity contribution is 0.152. The highest BCUT2D eigenvalue weighted by Crippen LogP contribution is 2.28. The first-order valence-electron chi connectivity index (χ1n) is 7.63. The van der Waals surface area contributed by atoms with Crippen LogP contribution in [0.5, 0.6) is 0 Å². The molecular formula is C17H27NO. The number of hydrogen-bond acceptors (Lipinski definition) is 2. The molecule has 1 aliphatic carbocycles.